The number of nitriles is 1. The van der Waals surface area contributed by atoms with Crippen LogP contribution in [0, 0.1) is 17.2 Å². The van der Waals surface area contributed by atoms with E-state index in [1.165, 1.54) is 0 Å². The number of hydrogen-bond acceptors (Lipinski definition) is 3. The van der Waals surface area contributed by atoms with Crippen molar-refractivity contribution in [3.8, 4) is 6.07 Å². The molecule has 3 heteroatoms. The fraction of sp³-hybridized carbons (Fsp3) is 0.875. The minimum atomic E-state index is 0.262. The van der Waals surface area contributed by atoms with Crippen molar-refractivity contribution < 1.29 is 5.11 Å². The number of hydrogen-bond donors (Lipinski definition) is 2. The van der Waals surface area contributed by atoms with Crippen molar-refractivity contribution in [2.45, 2.75) is 19.8 Å². The van der Waals surface area contributed by atoms with Gasteiger partial charge in [-0.2, -0.15) is 5.26 Å². The standard InChI is InChI=1S/C8H16N2O/c1-8(7-11)3-2-5-10-6-4-9/h8,10-11H,2-3,5-7H2,1H3. The van der Waals surface area contributed by atoms with Gasteiger partial charge in [-0.25, -0.2) is 0 Å². The predicted molar refractivity (Wildman–Crippen MR) is 44.0 cm³/mol. The van der Waals surface area contributed by atoms with E-state index in [1.54, 1.807) is 0 Å². The van der Waals surface area contributed by atoms with Crippen molar-refractivity contribution in [2.24, 2.45) is 5.92 Å². The zero-order valence-corrected chi connectivity index (χ0v) is 7.01. The van der Waals surface area contributed by atoms with Crippen molar-refractivity contribution in [1.82, 2.24) is 5.32 Å². The number of rotatable bonds is 6. The summed E-state index contributed by atoms with van der Waals surface area (Å²) < 4.78 is 0. The molecule has 0 aromatic carbocycles. The molecule has 0 rings (SSSR count). The van der Waals surface area contributed by atoms with Crippen LogP contribution in [-0.4, -0.2) is 24.8 Å². The lowest BCUT2D eigenvalue weighted by molar-refractivity contribution is 0.228. The lowest BCUT2D eigenvalue weighted by Gasteiger charge is -2.06. The summed E-state index contributed by atoms with van der Waals surface area (Å²) in [4.78, 5) is 0. The smallest absolute Gasteiger partial charge is 0.0840 e. The second-order valence-electron chi connectivity index (χ2n) is 2.76. The minimum Gasteiger partial charge on any atom is -0.396 e. The summed E-state index contributed by atoms with van der Waals surface area (Å²) in [6.07, 6.45) is 2.05. The highest BCUT2D eigenvalue weighted by molar-refractivity contribution is 4.72. The molecule has 3 nitrogen and oxygen atoms in total. The summed E-state index contributed by atoms with van der Waals surface area (Å²) in [5.41, 5.74) is 0. The van der Waals surface area contributed by atoms with Crippen molar-refractivity contribution in [3.63, 3.8) is 0 Å². The Morgan fingerprint density at radius 3 is 2.91 bits per heavy atom. The van der Waals surface area contributed by atoms with Crippen molar-refractivity contribution in [1.29, 1.82) is 5.26 Å². The first-order chi connectivity index (χ1) is 5.31. The summed E-state index contributed by atoms with van der Waals surface area (Å²) >= 11 is 0. The monoisotopic (exact) mass is 156 g/mol. The van der Waals surface area contributed by atoms with Crippen LogP contribution in [-0.2, 0) is 0 Å². The molecule has 0 aliphatic rings. The average molecular weight is 156 g/mol. The first-order valence-electron chi connectivity index (χ1n) is 3.99. The quantitative estimate of drug-likeness (QED) is 0.435. The summed E-state index contributed by atoms with van der Waals surface area (Å²) in [6, 6.07) is 2.01. The molecule has 11 heavy (non-hydrogen) atoms. The van der Waals surface area contributed by atoms with Gasteiger partial charge in [0.2, 0.25) is 0 Å². The molecule has 0 amide bonds. The Labute approximate surface area is 68.0 Å². The first kappa shape index (κ1) is 10.4. The number of aliphatic hydroxyl groups excluding tert-OH is 1. The maximum Gasteiger partial charge on any atom is 0.0840 e. The molecule has 0 aromatic heterocycles. The third-order valence-corrected chi connectivity index (χ3v) is 1.57. The first-order valence-corrected chi connectivity index (χ1v) is 3.99. The summed E-state index contributed by atoms with van der Waals surface area (Å²) in [5.74, 6) is 0.388. The van der Waals surface area contributed by atoms with Gasteiger partial charge in [0, 0.05) is 6.61 Å². The molecule has 0 saturated heterocycles. The van der Waals surface area contributed by atoms with Gasteiger partial charge in [0.1, 0.15) is 0 Å². The lowest BCUT2D eigenvalue weighted by atomic mass is 10.1. The molecule has 0 bridgehead atoms. The van der Waals surface area contributed by atoms with E-state index < -0.39 is 0 Å². The third-order valence-electron chi connectivity index (χ3n) is 1.57. The molecular weight excluding hydrogens is 140 g/mol. The van der Waals surface area contributed by atoms with Gasteiger partial charge in [-0.3, -0.25) is 0 Å². The third kappa shape index (κ3) is 7.31. The molecule has 2 N–H and O–H groups in total. The largest absolute Gasteiger partial charge is 0.396 e. The van der Waals surface area contributed by atoms with Crippen LogP contribution in [0.25, 0.3) is 0 Å². The van der Waals surface area contributed by atoms with Gasteiger partial charge in [0.15, 0.2) is 0 Å². The van der Waals surface area contributed by atoms with Crippen molar-refractivity contribution in [2.75, 3.05) is 19.7 Å². The van der Waals surface area contributed by atoms with E-state index in [9.17, 15) is 0 Å². The highest BCUT2D eigenvalue weighted by Crippen LogP contribution is 2.02. The Balaban J connectivity index is 2.97. The Hall–Kier alpha value is -0.590. The zero-order valence-electron chi connectivity index (χ0n) is 7.01. The molecule has 1 unspecified atom stereocenters. The van der Waals surface area contributed by atoms with E-state index in [0.717, 1.165) is 19.4 Å². The highest BCUT2D eigenvalue weighted by Gasteiger charge is 1.97. The van der Waals surface area contributed by atoms with Gasteiger partial charge in [0.05, 0.1) is 12.6 Å². The molecule has 0 aliphatic heterocycles. The lowest BCUT2D eigenvalue weighted by Crippen LogP contribution is -2.16. The topological polar surface area (TPSA) is 56.0 Å². The molecule has 64 valence electrons. The Morgan fingerprint density at radius 2 is 2.36 bits per heavy atom. The fourth-order valence-corrected chi connectivity index (χ4v) is 0.811. The summed E-state index contributed by atoms with van der Waals surface area (Å²) in [5, 5.41) is 19.8. The van der Waals surface area contributed by atoms with Crippen LogP contribution in [0.5, 0.6) is 0 Å². The van der Waals surface area contributed by atoms with Crippen LogP contribution in [0.15, 0.2) is 0 Å². The van der Waals surface area contributed by atoms with Crippen LogP contribution < -0.4 is 5.32 Å². The number of nitrogens with zero attached hydrogens (tertiary/aromatic N) is 1. The second-order valence-corrected chi connectivity index (χ2v) is 2.76. The fourth-order valence-electron chi connectivity index (χ4n) is 0.811. The molecule has 0 fully saturated rings. The summed E-state index contributed by atoms with van der Waals surface area (Å²) in [6.45, 7) is 3.58. The minimum absolute atomic E-state index is 0.262. The average Bonchev–Trinajstić information content (AvgIpc) is 2.04. The maximum atomic E-state index is 8.66. The predicted octanol–water partition coefficient (Wildman–Crippen LogP) is 0.508. The van der Waals surface area contributed by atoms with Crippen LogP contribution in [0.4, 0.5) is 0 Å². The highest BCUT2D eigenvalue weighted by atomic mass is 16.3. The van der Waals surface area contributed by atoms with Crippen molar-refractivity contribution >= 4 is 0 Å². The summed E-state index contributed by atoms with van der Waals surface area (Å²) in [7, 11) is 0. The number of aliphatic hydroxyl groups is 1. The van der Waals surface area contributed by atoms with E-state index >= 15 is 0 Å². The van der Waals surface area contributed by atoms with Crippen LogP contribution >= 0.6 is 0 Å². The SMILES string of the molecule is CC(CO)CCCNCC#N. The maximum absolute atomic E-state index is 8.66. The Morgan fingerprint density at radius 1 is 1.64 bits per heavy atom. The normalized spacial score (nSPS) is 12.5. The van der Waals surface area contributed by atoms with Gasteiger partial charge >= 0.3 is 0 Å². The van der Waals surface area contributed by atoms with Gasteiger partial charge in [0.25, 0.3) is 0 Å². The van der Waals surface area contributed by atoms with Gasteiger partial charge in [-0.1, -0.05) is 6.92 Å². The van der Waals surface area contributed by atoms with Crippen LogP contribution in [0.1, 0.15) is 19.8 Å². The molecule has 0 radical (unpaired) electrons. The van der Waals surface area contributed by atoms with Crippen LogP contribution in [0.2, 0.25) is 0 Å². The number of nitrogens with one attached hydrogen (secondary N) is 1. The van der Waals surface area contributed by atoms with Crippen molar-refractivity contribution in [3.05, 3.63) is 0 Å². The van der Waals surface area contributed by atoms with E-state index in [2.05, 4.69) is 5.32 Å². The Bertz CT molecular complexity index is 120. The van der Waals surface area contributed by atoms with E-state index in [4.69, 9.17) is 10.4 Å². The van der Waals surface area contributed by atoms with E-state index in [-0.39, 0.29) is 6.61 Å². The molecule has 0 spiro atoms. The molecular formula is C8H16N2O. The van der Waals surface area contributed by atoms with Gasteiger partial charge < -0.3 is 10.4 Å². The molecule has 0 heterocycles. The second kappa shape index (κ2) is 7.52. The van der Waals surface area contributed by atoms with Crippen LogP contribution in [0.3, 0.4) is 0 Å². The molecule has 0 aliphatic carbocycles. The van der Waals surface area contributed by atoms with E-state index in [0.29, 0.717) is 12.5 Å². The molecule has 1 atom stereocenters. The van der Waals surface area contributed by atoms with Gasteiger partial charge in [-0.05, 0) is 25.3 Å². The molecule has 0 aromatic rings. The van der Waals surface area contributed by atoms with Gasteiger partial charge in [-0.15, -0.1) is 0 Å². The molecule has 0 saturated carbocycles. The Kier molecular flexibility index (Phi) is 7.11. The van der Waals surface area contributed by atoms with E-state index in [1.807, 2.05) is 13.0 Å². The zero-order chi connectivity index (χ0) is 8.53.